The second kappa shape index (κ2) is 11.0. The Morgan fingerprint density at radius 3 is 2.38 bits per heavy atom. The number of hydrogen-bond acceptors (Lipinski definition) is 7. The lowest BCUT2D eigenvalue weighted by Crippen LogP contribution is -2.29. The van der Waals surface area contributed by atoms with Crippen molar-refractivity contribution in [3.05, 3.63) is 99.4 Å². The van der Waals surface area contributed by atoms with Gasteiger partial charge in [0.05, 0.1) is 42.4 Å². The van der Waals surface area contributed by atoms with Gasteiger partial charge in [-0.2, -0.15) is 0 Å². The van der Waals surface area contributed by atoms with Crippen LogP contribution in [0.4, 0.5) is 5.69 Å². The molecular weight excluding hydrogens is 498 g/mol. The van der Waals surface area contributed by atoms with Gasteiger partial charge in [0, 0.05) is 5.69 Å². The number of nitrogens with zero attached hydrogens (tertiary/aromatic N) is 1. The van der Waals surface area contributed by atoms with Crippen molar-refractivity contribution in [2.75, 3.05) is 24.7 Å². The Morgan fingerprint density at radius 2 is 1.67 bits per heavy atom. The Hall–Kier alpha value is -4.59. The Kier molecular flexibility index (Phi) is 7.36. The predicted octanol–water partition coefficient (Wildman–Crippen LogP) is 5.91. The highest BCUT2D eigenvalue weighted by molar-refractivity contribution is 6.10. The van der Waals surface area contributed by atoms with Gasteiger partial charge in [-0.3, -0.25) is 14.5 Å². The fourth-order valence-corrected chi connectivity index (χ4v) is 4.77. The Balaban J connectivity index is 1.68. The van der Waals surface area contributed by atoms with Crippen molar-refractivity contribution in [3.8, 4) is 11.5 Å². The van der Waals surface area contributed by atoms with Crippen molar-refractivity contribution in [1.29, 1.82) is 0 Å². The first kappa shape index (κ1) is 26.0. The third-order valence-electron chi connectivity index (χ3n) is 6.48. The van der Waals surface area contributed by atoms with E-state index in [0.717, 1.165) is 6.42 Å². The average molecular weight is 528 g/mol. The zero-order chi connectivity index (χ0) is 27.5. The maximum absolute atomic E-state index is 13.9. The molecule has 4 aromatic rings. The number of carbonyl (C=O) groups is 2. The van der Waals surface area contributed by atoms with Crippen molar-refractivity contribution in [3.63, 3.8) is 0 Å². The lowest BCUT2D eigenvalue weighted by Gasteiger charge is -2.26. The summed E-state index contributed by atoms with van der Waals surface area (Å²) in [7, 11) is 0. The second-order valence-electron chi connectivity index (χ2n) is 9.00. The van der Waals surface area contributed by atoms with E-state index in [-0.39, 0.29) is 23.4 Å². The van der Waals surface area contributed by atoms with Gasteiger partial charge >= 0.3 is 5.97 Å². The number of fused-ring (bicyclic) bond motifs is 2. The van der Waals surface area contributed by atoms with Crippen LogP contribution < -0.4 is 19.8 Å². The number of ether oxygens (including phenoxy) is 3. The van der Waals surface area contributed by atoms with Gasteiger partial charge in [-0.15, -0.1) is 0 Å². The molecule has 1 atom stereocenters. The van der Waals surface area contributed by atoms with Crippen LogP contribution in [0.5, 0.6) is 11.5 Å². The van der Waals surface area contributed by atoms with Crippen molar-refractivity contribution in [2.24, 2.45) is 0 Å². The first-order chi connectivity index (χ1) is 19.0. The number of para-hydroxylation sites is 1. The highest BCUT2D eigenvalue weighted by Crippen LogP contribution is 2.43. The van der Waals surface area contributed by atoms with E-state index in [1.165, 1.54) is 4.90 Å². The van der Waals surface area contributed by atoms with E-state index in [1.807, 2.05) is 19.9 Å². The van der Waals surface area contributed by atoms with Gasteiger partial charge in [0.2, 0.25) is 5.76 Å². The zero-order valence-corrected chi connectivity index (χ0v) is 22.1. The topological polar surface area (TPSA) is 95.3 Å². The molecule has 1 aliphatic heterocycles. The van der Waals surface area contributed by atoms with E-state index in [2.05, 4.69) is 0 Å². The fourth-order valence-electron chi connectivity index (χ4n) is 4.77. The van der Waals surface area contributed by atoms with Crippen LogP contribution in [0.15, 0.2) is 75.9 Å². The van der Waals surface area contributed by atoms with E-state index in [0.29, 0.717) is 52.5 Å². The lowest BCUT2D eigenvalue weighted by atomic mass is 9.97. The largest absolute Gasteiger partial charge is 0.490 e. The quantitative estimate of drug-likeness (QED) is 0.250. The summed E-state index contributed by atoms with van der Waals surface area (Å²) >= 11 is 0. The van der Waals surface area contributed by atoms with Gasteiger partial charge in [-0.25, -0.2) is 4.79 Å². The number of esters is 1. The molecule has 0 fully saturated rings. The van der Waals surface area contributed by atoms with Crippen LogP contribution in [0.1, 0.15) is 65.3 Å². The molecule has 0 saturated heterocycles. The minimum absolute atomic E-state index is 0.0116. The zero-order valence-electron chi connectivity index (χ0n) is 22.1. The molecule has 0 aliphatic carbocycles. The summed E-state index contributed by atoms with van der Waals surface area (Å²) in [5.41, 5.74) is 1.82. The van der Waals surface area contributed by atoms with E-state index in [1.54, 1.807) is 67.6 Å². The van der Waals surface area contributed by atoms with E-state index >= 15 is 0 Å². The molecular formula is C31H29NO7. The molecule has 200 valence electrons. The summed E-state index contributed by atoms with van der Waals surface area (Å²) in [6, 6.07) is 18.0. The lowest BCUT2D eigenvalue weighted by molar-refractivity contribution is 0.0526. The summed E-state index contributed by atoms with van der Waals surface area (Å²) in [6.07, 6.45) is 0.835. The molecule has 0 bridgehead atoms. The predicted molar refractivity (Wildman–Crippen MR) is 147 cm³/mol. The molecule has 0 saturated carbocycles. The molecule has 1 aliphatic rings. The van der Waals surface area contributed by atoms with Gasteiger partial charge < -0.3 is 18.6 Å². The molecule has 0 N–H and O–H groups in total. The summed E-state index contributed by atoms with van der Waals surface area (Å²) in [5.74, 6) is 0.187. The summed E-state index contributed by atoms with van der Waals surface area (Å²) in [4.78, 5) is 41.4. The van der Waals surface area contributed by atoms with Crippen LogP contribution >= 0.6 is 0 Å². The molecule has 0 radical (unpaired) electrons. The minimum atomic E-state index is -0.791. The smallest absolute Gasteiger partial charge is 0.338 e. The van der Waals surface area contributed by atoms with Crippen LogP contribution in [-0.4, -0.2) is 31.7 Å². The van der Waals surface area contributed by atoms with Gasteiger partial charge in [0.1, 0.15) is 5.58 Å². The van der Waals surface area contributed by atoms with Crippen molar-refractivity contribution in [2.45, 2.75) is 33.2 Å². The molecule has 0 spiro atoms. The van der Waals surface area contributed by atoms with Crippen LogP contribution in [0.25, 0.3) is 11.0 Å². The SMILES string of the molecule is CCCOc1ccc(C2c3c(oc4ccccc4c3=O)C(=O)N2c2ccc(C(=O)OCC)cc2)cc1OCC. The average Bonchev–Trinajstić information content (AvgIpc) is 3.25. The number of anilines is 1. The molecule has 1 amide bonds. The van der Waals surface area contributed by atoms with Crippen molar-refractivity contribution >= 4 is 28.5 Å². The Morgan fingerprint density at radius 1 is 0.897 bits per heavy atom. The molecule has 8 nitrogen and oxygen atoms in total. The molecule has 1 aromatic heterocycles. The molecule has 1 unspecified atom stereocenters. The van der Waals surface area contributed by atoms with E-state index in [9.17, 15) is 14.4 Å². The number of carbonyl (C=O) groups excluding carboxylic acids is 2. The number of rotatable bonds is 9. The minimum Gasteiger partial charge on any atom is -0.490 e. The highest BCUT2D eigenvalue weighted by Gasteiger charge is 2.44. The van der Waals surface area contributed by atoms with Gasteiger partial charge in [0.15, 0.2) is 16.9 Å². The molecule has 5 rings (SSSR count). The van der Waals surface area contributed by atoms with Crippen LogP contribution in [0.3, 0.4) is 0 Å². The molecule has 39 heavy (non-hydrogen) atoms. The first-order valence-corrected chi connectivity index (χ1v) is 13.0. The monoisotopic (exact) mass is 527 g/mol. The number of hydrogen-bond donors (Lipinski definition) is 0. The third kappa shape index (κ3) is 4.74. The van der Waals surface area contributed by atoms with Crippen molar-refractivity contribution < 1.29 is 28.2 Å². The van der Waals surface area contributed by atoms with Crippen LogP contribution in [-0.2, 0) is 4.74 Å². The van der Waals surface area contributed by atoms with Gasteiger partial charge in [-0.1, -0.05) is 25.1 Å². The number of benzene rings is 3. The molecule has 3 aromatic carbocycles. The standard InChI is InChI=1S/C31H29NO7/c1-4-17-38-24-16-13-20(18-25(24)36-5-2)27-26-28(33)22-9-7-8-10-23(22)39-29(26)30(34)32(27)21-14-11-19(12-15-21)31(35)37-6-3/h7-16,18,27H,4-6,17H2,1-3H3. The maximum atomic E-state index is 13.9. The second-order valence-corrected chi connectivity index (χ2v) is 9.00. The van der Waals surface area contributed by atoms with Gasteiger partial charge in [-0.05, 0) is 74.4 Å². The van der Waals surface area contributed by atoms with Crippen LogP contribution in [0.2, 0.25) is 0 Å². The summed E-state index contributed by atoms with van der Waals surface area (Å²) in [5, 5.41) is 0.390. The normalized spacial score (nSPS) is 14.4. The summed E-state index contributed by atoms with van der Waals surface area (Å²) < 4.78 is 22.9. The first-order valence-electron chi connectivity index (χ1n) is 13.0. The van der Waals surface area contributed by atoms with E-state index < -0.39 is 17.9 Å². The van der Waals surface area contributed by atoms with Crippen LogP contribution in [0, 0.1) is 0 Å². The molecule has 2 heterocycles. The Bertz CT molecular complexity index is 1590. The Labute approximate surface area is 225 Å². The van der Waals surface area contributed by atoms with Gasteiger partial charge in [0.25, 0.3) is 5.91 Å². The number of amides is 1. The fraction of sp³-hybridized carbons (Fsp3) is 0.258. The van der Waals surface area contributed by atoms with Crippen molar-refractivity contribution in [1.82, 2.24) is 0 Å². The maximum Gasteiger partial charge on any atom is 0.338 e. The molecule has 8 heteroatoms. The highest BCUT2D eigenvalue weighted by atomic mass is 16.5. The van der Waals surface area contributed by atoms with E-state index in [4.69, 9.17) is 18.6 Å². The summed E-state index contributed by atoms with van der Waals surface area (Å²) in [6.45, 7) is 6.83. The third-order valence-corrected chi connectivity index (χ3v) is 6.48.